The normalized spacial score (nSPS) is 12.5. The van der Waals surface area contributed by atoms with Crippen LogP contribution in [-0.4, -0.2) is 18.1 Å². The summed E-state index contributed by atoms with van der Waals surface area (Å²) < 4.78 is 4.54. The van der Waals surface area contributed by atoms with Gasteiger partial charge in [-0.15, -0.1) is 11.3 Å². The standard InChI is InChI=1S/C9H14N2O2S/c1-6-9(14-5-11-6)7(10)3-4-8(12)13-2/h5,7H,3-4,10H2,1-2H3. The summed E-state index contributed by atoms with van der Waals surface area (Å²) in [6.07, 6.45) is 0.963. The van der Waals surface area contributed by atoms with Crippen LogP contribution in [0.1, 0.15) is 29.5 Å². The predicted octanol–water partition coefficient (Wildman–Crippen LogP) is 1.40. The van der Waals surface area contributed by atoms with Crippen LogP contribution in [0.2, 0.25) is 0 Å². The lowest BCUT2D eigenvalue weighted by Gasteiger charge is -2.08. The smallest absolute Gasteiger partial charge is 0.305 e. The lowest BCUT2D eigenvalue weighted by atomic mass is 10.1. The maximum Gasteiger partial charge on any atom is 0.305 e. The van der Waals surface area contributed by atoms with Crippen LogP contribution in [0.15, 0.2) is 5.51 Å². The highest BCUT2D eigenvalue weighted by atomic mass is 32.1. The van der Waals surface area contributed by atoms with Gasteiger partial charge in [-0.3, -0.25) is 4.79 Å². The van der Waals surface area contributed by atoms with Crippen molar-refractivity contribution < 1.29 is 9.53 Å². The minimum absolute atomic E-state index is 0.110. The van der Waals surface area contributed by atoms with Gasteiger partial charge in [0.2, 0.25) is 0 Å². The molecule has 1 unspecified atom stereocenters. The number of esters is 1. The Labute approximate surface area is 87.1 Å². The molecule has 1 aromatic heterocycles. The lowest BCUT2D eigenvalue weighted by Crippen LogP contribution is -2.12. The van der Waals surface area contributed by atoms with Crippen LogP contribution >= 0.6 is 11.3 Å². The van der Waals surface area contributed by atoms with Gasteiger partial charge in [-0.1, -0.05) is 0 Å². The average Bonchev–Trinajstić information content (AvgIpc) is 2.60. The second-order valence-corrected chi connectivity index (χ2v) is 3.91. The Morgan fingerprint density at radius 3 is 3.00 bits per heavy atom. The fraction of sp³-hybridized carbons (Fsp3) is 0.556. The van der Waals surface area contributed by atoms with Gasteiger partial charge in [0.15, 0.2) is 0 Å². The molecule has 1 rings (SSSR count). The Bertz CT molecular complexity index is 312. The van der Waals surface area contributed by atoms with E-state index in [1.54, 1.807) is 5.51 Å². The molecule has 0 amide bonds. The predicted molar refractivity (Wildman–Crippen MR) is 55.0 cm³/mol. The van der Waals surface area contributed by atoms with E-state index < -0.39 is 0 Å². The highest BCUT2D eigenvalue weighted by molar-refractivity contribution is 7.09. The maximum absolute atomic E-state index is 10.9. The SMILES string of the molecule is COC(=O)CCC(N)c1scnc1C. The Hall–Kier alpha value is -0.940. The second-order valence-electron chi connectivity index (χ2n) is 3.02. The third kappa shape index (κ3) is 2.78. The van der Waals surface area contributed by atoms with E-state index in [1.807, 2.05) is 6.92 Å². The number of carbonyl (C=O) groups excluding carboxylic acids is 1. The number of carbonyl (C=O) groups is 1. The number of ether oxygens (including phenoxy) is 1. The van der Waals surface area contributed by atoms with E-state index in [9.17, 15) is 4.79 Å². The molecule has 4 nitrogen and oxygen atoms in total. The van der Waals surface area contributed by atoms with Crippen LogP contribution in [0.25, 0.3) is 0 Å². The molecule has 0 aromatic carbocycles. The molecule has 0 bridgehead atoms. The number of aryl methyl sites for hydroxylation is 1. The summed E-state index contributed by atoms with van der Waals surface area (Å²) in [6.45, 7) is 1.92. The molecule has 1 heterocycles. The molecule has 0 radical (unpaired) electrons. The topological polar surface area (TPSA) is 65.2 Å². The maximum atomic E-state index is 10.9. The molecule has 0 spiro atoms. The number of hydrogen-bond acceptors (Lipinski definition) is 5. The lowest BCUT2D eigenvalue weighted by molar-refractivity contribution is -0.140. The van der Waals surface area contributed by atoms with Crippen molar-refractivity contribution in [2.75, 3.05) is 7.11 Å². The summed E-state index contributed by atoms with van der Waals surface area (Å²) in [6, 6.07) is -0.110. The van der Waals surface area contributed by atoms with Crippen LogP contribution in [0, 0.1) is 6.92 Å². The molecule has 0 aliphatic rings. The Morgan fingerprint density at radius 2 is 2.50 bits per heavy atom. The summed E-state index contributed by atoms with van der Waals surface area (Å²) in [5.41, 5.74) is 8.62. The van der Waals surface area contributed by atoms with Gasteiger partial charge in [0.1, 0.15) is 0 Å². The molecule has 78 valence electrons. The van der Waals surface area contributed by atoms with Crippen LogP contribution in [-0.2, 0) is 9.53 Å². The molecule has 2 N–H and O–H groups in total. The Morgan fingerprint density at radius 1 is 1.79 bits per heavy atom. The number of rotatable bonds is 4. The van der Waals surface area contributed by atoms with Gasteiger partial charge in [-0.25, -0.2) is 4.98 Å². The zero-order valence-electron chi connectivity index (χ0n) is 8.32. The molecule has 14 heavy (non-hydrogen) atoms. The molecular weight excluding hydrogens is 200 g/mol. The van der Waals surface area contributed by atoms with E-state index in [4.69, 9.17) is 5.73 Å². The van der Waals surface area contributed by atoms with Gasteiger partial charge in [0.25, 0.3) is 0 Å². The van der Waals surface area contributed by atoms with E-state index in [0.29, 0.717) is 12.8 Å². The van der Waals surface area contributed by atoms with Crippen molar-refractivity contribution in [3.8, 4) is 0 Å². The van der Waals surface area contributed by atoms with Crippen molar-refractivity contribution in [2.24, 2.45) is 5.73 Å². The number of aromatic nitrogens is 1. The van der Waals surface area contributed by atoms with Crippen LogP contribution in [0.5, 0.6) is 0 Å². The minimum Gasteiger partial charge on any atom is -0.469 e. The zero-order valence-corrected chi connectivity index (χ0v) is 9.13. The van der Waals surface area contributed by atoms with Crippen LogP contribution < -0.4 is 5.73 Å². The summed E-state index contributed by atoms with van der Waals surface area (Å²) in [4.78, 5) is 16.0. The molecule has 0 saturated heterocycles. The van der Waals surface area contributed by atoms with Gasteiger partial charge in [-0.05, 0) is 13.3 Å². The van der Waals surface area contributed by atoms with Gasteiger partial charge in [0.05, 0.1) is 18.3 Å². The summed E-state index contributed by atoms with van der Waals surface area (Å²) >= 11 is 1.53. The third-order valence-corrected chi connectivity index (χ3v) is 3.07. The van der Waals surface area contributed by atoms with Crippen LogP contribution in [0.4, 0.5) is 0 Å². The van der Waals surface area contributed by atoms with Crippen molar-refractivity contribution in [3.05, 3.63) is 16.1 Å². The van der Waals surface area contributed by atoms with E-state index in [0.717, 1.165) is 10.6 Å². The van der Waals surface area contributed by atoms with E-state index in [-0.39, 0.29) is 12.0 Å². The van der Waals surface area contributed by atoms with E-state index >= 15 is 0 Å². The largest absolute Gasteiger partial charge is 0.469 e. The third-order valence-electron chi connectivity index (χ3n) is 2.01. The van der Waals surface area contributed by atoms with Crippen molar-refractivity contribution >= 4 is 17.3 Å². The quantitative estimate of drug-likeness (QED) is 0.769. The molecule has 0 saturated carbocycles. The molecule has 5 heteroatoms. The minimum atomic E-state index is -0.220. The summed E-state index contributed by atoms with van der Waals surface area (Å²) in [5.74, 6) is -0.220. The molecule has 0 aliphatic carbocycles. The second kappa shape index (κ2) is 5.07. The Balaban J connectivity index is 2.47. The fourth-order valence-electron chi connectivity index (χ4n) is 1.17. The monoisotopic (exact) mass is 214 g/mol. The fourth-order valence-corrected chi connectivity index (χ4v) is 2.01. The number of methoxy groups -OCH3 is 1. The van der Waals surface area contributed by atoms with Crippen molar-refractivity contribution in [1.82, 2.24) is 4.98 Å². The van der Waals surface area contributed by atoms with Gasteiger partial charge >= 0.3 is 5.97 Å². The molecule has 0 aliphatic heterocycles. The first-order chi connectivity index (χ1) is 6.65. The van der Waals surface area contributed by atoms with Gasteiger partial charge in [-0.2, -0.15) is 0 Å². The summed E-state index contributed by atoms with van der Waals surface area (Å²) in [7, 11) is 1.38. The first kappa shape index (κ1) is 11.1. The number of nitrogens with two attached hydrogens (primary N) is 1. The van der Waals surface area contributed by atoms with E-state index in [1.165, 1.54) is 18.4 Å². The first-order valence-electron chi connectivity index (χ1n) is 4.37. The molecular formula is C9H14N2O2S. The molecule has 0 fully saturated rings. The highest BCUT2D eigenvalue weighted by Crippen LogP contribution is 2.23. The highest BCUT2D eigenvalue weighted by Gasteiger charge is 2.13. The van der Waals surface area contributed by atoms with E-state index in [2.05, 4.69) is 9.72 Å². The Kier molecular flexibility index (Phi) is 4.03. The number of nitrogens with zero attached hydrogens (tertiary/aromatic N) is 1. The average molecular weight is 214 g/mol. The van der Waals surface area contributed by atoms with Crippen molar-refractivity contribution in [1.29, 1.82) is 0 Å². The van der Waals surface area contributed by atoms with Crippen LogP contribution in [0.3, 0.4) is 0 Å². The summed E-state index contributed by atoms with van der Waals surface area (Å²) in [5, 5.41) is 0. The zero-order chi connectivity index (χ0) is 10.6. The van der Waals surface area contributed by atoms with Gasteiger partial charge in [0, 0.05) is 17.3 Å². The van der Waals surface area contributed by atoms with Crippen molar-refractivity contribution in [2.45, 2.75) is 25.8 Å². The molecule has 1 aromatic rings. The van der Waals surface area contributed by atoms with Crippen molar-refractivity contribution in [3.63, 3.8) is 0 Å². The first-order valence-corrected chi connectivity index (χ1v) is 5.25. The molecule has 1 atom stereocenters. The van der Waals surface area contributed by atoms with Gasteiger partial charge < -0.3 is 10.5 Å². The number of hydrogen-bond donors (Lipinski definition) is 1. The number of thiazole rings is 1.